The van der Waals surface area contributed by atoms with E-state index in [2.05, 4.69) is 39.8 Å². The average molecular weight is 289 g/mol. The topological polar surface area (TPSA) is 43.1 Å². The molecule has 21 heavy (non-hydrogen) atoms. The monoisotopic (exact) mass is 289 g/mol. The third-order valence-corrected chi connectivity index (χ3v) is 4.12. The van der Waals surface area contributed by atoms with Crippen molar-refractivity contribution in [2.24, 2.45) is 11.7 Å². The van der Waals surface area contributed by atoms with Gasteiger partial charge in [0.05, 0.1) is 0 Å². The van der Waals surface area contributed by atoms with Crippen LogP contribution in [0.25, 0.3) is 0 Å². The number of Topliss-reactive ketones (excluding diaryl/α,β-unsaturated/α-hetero) is 1. The minimum absolute atomic E-state index is 0.134. The Balaban J connectivity index is 2.59. The van der Waals surface area contributed by atoms with Crippen LogP contribution in [0, 0.1) is 5.92 Å². The SMILES string of the molecule is CCCC(CCN)CCC(=O)c1ccc(C(C)(C)C)cc1. The lowest BCUT2D eigenvalue weighted by molar-refractivity contribution is 0.0972. The highest BCUT2D eigenvalue weighted by Crippen LogP contribution is 2.23. The Bertz CT molecular complexity index is 422. The number of nitrogens with two attached hydrogens (primary N) is 1. The van der Waals surface area contributed by atoms with Gasteiger partial charge in [-0.1, -0.05) is 64.8 Å². The highest BCUT2D eigenvalue weighted by Gasteiger charge is 2.15. The van der Waals surface area contributed by atoms with Gasteiger partial charge in [-0.25, -0.2) is 0 Å². The zero-order valence-corrected chi connectivity index (χ0v) is 14.1. The van der Waals surface area contributed by atoms with Crippen LogP contribution < -0.4 is 5.73 Å². The van der Waals surface area contributed by atoms with Gasteiger partial charge in [0.2, 0.25) is 0 Å². The van der Waals surface area contributed by atoms with Crippen molar-refractivity contribution in [2.45, 2.75) is 65.2 Å². The molecule has 0 aliphatic heterocycles. The lowest BCUT2D eigenvalue weighted by Crippen LogP contribution is -2.12. The van der Waals surface area contributed by atoms with Crippen molar-refractivity contribution >= 4 is 5.78 Å². The van der Waals surface area contributed by atoms with Crippen molar-refractivity contribution in [3.63, 3.8) is 0 Å². The number of ketones is 1. The van der Waals surface area contributed by atoms with Crippen molar-refractivity contribution in [3.05, 3.63) is 35.4 Å². The first-order valence-corrected chi connectivity index (χ1v) is 8.22. The van der Waals surface area contributed by atoms with E-state index in [1.807, 2.05) is 12.1 Å². The van der Waals surface area contributed by atoms with Crippen molar-refractivity contribution in [1.82, 2.24) is 0 Å². The summed E-state index contributed by atoms with van der Waals surface area (Å²) in [7, 11) is 0. The van der Waals surface area contributed by atoms with Gasteiger partial charge in [0.25, 0.3) is 0 Å². The Morgan fingerprint density at radius 2 is 1.71 bits per heavy atom. The largest absolute Gasteiger partial charge is 0.330 e. The maximum Gasteiger partial charge on any atom is 0.162 e. The van der Waals surface area contributed by atoms with E-state index in [0.717, 1.165) is 24.9 Å². The van der Waals surface area contributed by atoms with Gasteiger partial charge in [-0.15, -0.1) is 0 Å². The predicted octanol–water partition coefficient (Wildman–Crippen LogP) is 4.71. The molecule has 0 saturated heterocycles. The fourth-order valence-corrected chi connectivity index (χ4v) is 2.71. The second kappa shape index (κ2) is 8.33. The molecule has 1 unspecified atom stereocenters. The molecule has 0 bridgehead atoms. The van der Waals surface area contributed by atoms with Gasteiger partial charge >= 0.3 is 0 Å². The number of hydrogen-bond donors (Lipinski definition) is 1. The second-order valence-electron chi connectivity index (χ2n) is 7.02. The fourth-order valence-electron chi connectivity index (χ4n) is 2.71. The normalized spacial score (nSPS) is 13.2. The Morgan fingerprint density at radius 3 is 2.19 bits per heavy atom. The molecule has 2 N–H and O–H groups in total. The first-order valence-electron chi connectivity index (χ1n) is 8.22. The summed E-state index contributed by atoms with van der Waals surface area (Å²) < 4.78 is 0. The van der Waals surface area contributed by atoms with E-state index < -0.39 is 0 Å². The van der Waals surface area contributed by atoms with E-state index in [4.69, 9.17) is 5.73 Å². The van der Waals surface area contributed by atoms with Crippen LogP contribution >= 0.6 is 0 Å². The number of hydrogen-bond acceptors (Lipinski definition) is 2. The molecule has 1 rings (SSSR count). The molecule has 2 heteroatoms. The molecule has 1 atom stereocenters. The molecule has 0 aliphatic carbocycles. The molecule has 118 valence electrons. The van der Waals surface area contributed by atoms with Crippen LogP contribution in [0.5, 0.6) is 0 Å². The molecular weight excluding hydrogens is 258 g/mol. The summed E-state index contributed by atoms with van der Waals surface area (Å²) in [4.78, 5) is 12.3. The average Bonchev–Trinajstić information content (AvgIpc) is 2.44. The van der Waals surface area contributed by atoms with E-state index in [-0.39, 0.29) is 11.2 Å². The number of rotatable bonds is 8. The number of carbonyl (C=O) groups excluding carboxylic acids is 1. The quantitative estimate of drug-likeness (QED) is 0.704. The minimum Gasteiger partial charge on any atom is -0.330 e. The molecule has 0 fully saturated rings. The summed E-state index contributed by atoms with van der Waals surface area (Å²) in [6.07, 6.45) is 4.97. The zero-order chi connectivity index (χ0) is 15.9. The molecule has 0 aliphatic rings. The van der Waals surface area contributed by atoms with E-state index >= 15 is 0 Å². The molecule has 1 aromatic rings. The van der Waals surface area contributed by atoms with Crippen molar-refractivity contribution in [2.75, 3.05) is 6.54 Å². The van der Waals surface area contributed by atoms with Gasteiger partial charge in [0.15, 0.2) is 5.78 Å². The van der Waals surface area contributed by atoms with E-state index in [0.29, 0.717) is 12.3 Å². The fraction of sp³-hybridized carbons (Fsp3) is 0.632. The second-order valence-corrected chi connectivity index (χ2v) is 7.02. The number of carbonyl (C=O) groups is 1. The van der Waals surface area contributed by atoms with E-state index in [1.165, 1.54) is 18.4 Å². The van der Waals surface area contributed by atoms with Crippen LogP contribution in [-0.2, 0) is 5.41 Å². The van der Waals surface area contributed by atoms with Crippen LogP contribution in [0.2, 0.25) is 0 Å². The maximum atomic E-state index is 12.3. The summed E-state index contributed by atoms with van der Waals surface area (Å²) in [6, 6.07) is 8.11. The molecular formula is C19H31NO. The summed E-state index contributed by atoms with van der Waals surface area (Å²) in [5, 5.41) is 0. The standard InChI is InChI=1S/C19H31NO/c1-5-6-15(13-14-20)7-12-18(21)16-8-10-17(11-9-16)19(2,3)4/h8-11,15H,5-7,12-14,20H2,1-4H3. The van der Waals surface area contributed by atoms with Gasteiger partial charge < -0.3 is 5.73 Å². The van der Waals surface area contributed by atoms with Crippen molar-refractivity contribution < 1.29 is 4.79 Å². The van der Waals surface area contributed by atoms with E-state index in [1.54, 1.807) is 0 Å². The van der Waals surface area contributed by atoms with Gasteiger partial charge in [0.1, 0.15) is 0 Å². The van der Waals surface area contributed by atoms with Crippen molar-refractivity contribution in [1.29, 1.82) is 0 Å². The predicted molar refractivity (Wildman–Crippen MR) is 90.8 cm³/mol. The summed E-state index contributed by atoms with van der Waals surface area (Å²) in [5.74, 6) is 0.853. The van der Waals surface area contributed by atoms with Gasteiger partial charge in [-0.05, 0) is 36.3 Å². The van der Waals surface area contributed by atoms with Crippen LogP contribution in [0.4, 0.5) is 0 Å². The van der Waals surface area contributed by atoms with E-state index in [9.17, 15) is 4.79 Å². The Kier molecular flexibility index (Phi) is 7.10. The van der Waals surface area contributed by atoms with Crippen molar-refractivity contribution in [3.8, 4) is 0 Å². The van der Waals surface area contributed by atoms with Crippen LogP contribution in [0.3, 0.4) is 0 Å². The third-order valence-electron chi connectivity index (χ3n) is 4.12. The Hall–Kier alpha value is -1.15. The Labute approximate surface area is 130 Å². The van der Waals surface area contributed by atoms with Crippen LogP contribution in [0.1, 0.15) is 75.7 Å². The first-order chi connectivity index (χ1) is 9.88. The summed E-state index contributed by atoms with van der Waals surface area (Å²) in [6.45, 7) is 9.47. The molecule has 0 radical (unpaired) electrons. The molecule has 0 spiro atoms. The highest BCUT2D eigenvalue weighted by atomic mass is 16.1. The molecule has 0 amide bonds. The summed E-state index contributed by atoms with van der Waals surface area (Å²) in [5.41, 5.74) is 7.89. The number of benzene rings is 1. The van der Waals surface area contributed by atoms with Crippen LogP contribution in [0.15, 0.2) is 24.3 Å². The smallest absolute Gasteiger partial charge is 0.162 e. The molecule has 0 heterocycles. The summed E-state index contributed by atoms with van der Waals surface area (Å²) >= 11 is 0. The first kappa shape index (κ1) is 17.9. The molecule has 0 saturated carbocycles. The van der Waals surface area contributed by atoms with Gasteiger partial charge in [0, 0.05) is 12.0 Å². The highest BCUT2D eigenvalue weighted by molar-refractivity contribution is 5.96. The van der Waals surface area contributed by atoms with Crippen LogP contribution in [-0.4, -0.2) is 12.3 Å². The van der Waals surface area contributed by atoms with Gasteiger partial charge in [-0.3, -0.25) is 4.79 Å². The zero-order valence-electron chi connectivity index (χ0n) is 14.1. The lowest BCUT2D eigenvalue weighted by atomic mass is 9.86. The third kappa shape index (κ3) is 6.01. The Morgan fingerprint density at radius 1 is 1.10 bits per heavy atom. The molecule has 0 aromatic heterocycles. The molecule has 1 aromatic carbocycles. The minimum atomic E-state index is 0.134. The molecule has 2 nitrogen and oxygen atoms in total. The van der Waals surface area contributed by atoms with Gasteiger partial charge in [-0.2, -0.15) is 0 Å². The maximum absolute atomic E-state index is 12.3. The lowest BCUT2D eigenvalue weighted by Gasteiger charge is -2.19.